The lowest BCUT2D eigenvalue weighted by Gasteiger charge is -2.21. The molecule has 1 N–H and O–H groups in total. The molecule has 0 unspecified atom stereocenters. The van der Waals surface area contributed by atoms with E-state index in [2.05, 4.69) is 21.2 Å². The van der Waals surface area contributed by atoms with Crippen molar-refractivity contribution < 1.29 is 13.2 Å². The predicted octanol–water partition coefficient (Wildman–Crippen LogP) is 3.66. The van der Waals surface area contributed by atoms with Crippen molar-refractivity contribution in [1.29, 1.82) is 0 Å². The number of nitrogens with one attached hydrogen (secondary N) is 1. The van der Waals surface area contributed by atoms with Gasteiger partial charge in [0.25, 0.3) is 0 Å². The number of carbonyl (C=O) groups is 1. The standard InChI is InChI=1S/C18H21BrN2O3S/c1-13(2)21(3)25(23,24)17-10-8-16(9-11-17)20-18(22)12-14-4-6-15(19)7-5-14/h4-11,13H,12H2,1-3H3,(H,20,22). The zero-order chi connectivity index (χ0) is 18.6. The first-order valence-corrected chi connectivity index (χ1v) is 10.1. The summed E-state index contributed by atoms with van der Waals surface area (Å²) in [6, 6.07) is 13.6. The Kier molecular flexibility index (Phi) is 6.37. The minimum Gasteiger partial charge on any atom is -0.326 e. The second-order valence-electron chi connectivity index (χ2n) is 5.99. The molecule has 0 radical (unpaired) electrons. The number of halogens is 1. The van der Waals surface area contributed by atoms with E-state index < -0.39 is 10.0 Å². The monoisotopic (exact) mass is 424 g/mol. The Morgan fingerprint density at radius 3 is 2.16 bits per heavy atom. The number of rotatable bonds is 6. The molecule has 0 spiro atoms. The average Bonchev–Trinajstić information content (AvgIpc) is 2.56. The van der Waals surface area contributed by atoms with Crippen LogP contribution in [0.15, 0.2) is 57.9 Å². The molecule has 2 rings (SSSR count). The lowest BCUT2D eigenvalue weighted by Crippen LogP contribution is -2.33. The van der Waals surface area contributed by atoms with Crippen molar-refractivity contribution in [3.8, 4) is 0 Å². The number of hydrogen-bond acceptors (Lipinski definition) is 3. The maximum absolute atomic E-state index is 12.4. The van der Waals surface area contributed by atoms with Gasteiger partial charge in [-0.3, -0.25) is 4.79 Å². The Bertz CT molecular complexity index is 832. The van der Waals surface area contributed by atoms with E-state index >= 15 is 0 Å². The van der Waals surface area contributed by atoms with Crippen LogP contribution in [0, 0.1) is 0 Å². The third-order valence-electron chi connectivity index (χ3n) is 3.82. The third-order valence-corrected chi connectivity index (χ3v) is 6.40. The fourth-order valence-corrected chi connectivity index (χ4v) is 3.78. The van der Waals surface area contributed by atoms with Crippen LogP contribution in [0.3, 0.4) is 0 Å². The van der Waals surface area contributed by atoms with E-state index in [1.807, 2.05) is 38.1 Å². The first-order valence-electron chi connectivity index (χ1n) is 7.82. The maximum atomic E-state index is 12.4. The minimum atomic E-state index is -3.52. The summed E-state index contributed by atoms with van der Waals surface area (Å²) in [5, 5.41) is 2.78. The van der Waals surface area contributed by atoms with Crippen LogP contribution in [-0.4, -0.2) is 31.7 Å². The molecule has 0 atom stereocenters. The Balaban J connectivity index is 2.05. The molecule has 134 valence electrons. The van der Waals surface area contributed by atoms with Crippen LogP contribution in [0.25, 0.3) is 0 Å². The number of anilines is 1. The lowest BCUT2D eigenvalue weighted by atomic mass is 10.1. The summed E-state index contributed by atoms with van der Waals surface area (Å²) < 4.78 is 27.1. The molecular weight excluding hydrogens is 404 g/mol. The van der Waals surface area contributed by atoms with Gasteiger partial charge < -0.3 is 5.32 Å². The molecule has 0 fully saturated rings. The Morgan fingerprint density at radius 2 is 1.64 bits per heavy atom. The normalized spacial score (nSPS) is 11.8. The van der Waals surface area contributed by atoms with Gasteiger partial charge in [0.1, 0.15) is 0 Å². The van der Waals surface area contributed by atoms with Crippen LogP contribution in [0.2, 0.25) is 0 Å². The van der Waals surface area contributed by atoms with Gasteiger partial charge in [0.05, 0.1) is 11.3 Å². The second-order valence-corrected chi connectivity index (χ2v) is 8.90. The Labute approximate surface area is 157 Å². The van der Waals surface area contributed by atoms with Crippen molar-refractivity contribution in [2.24, 2.45) is 0 Å². The Morgan fingerprint density at radius 1 is 1.08 bits per heavy atom. The molecule has 0 heterocycles. The molecule has 0 saturated carbocycles. The fourth-order valence-electron chi connectivity index (χ4n) is 2.15. The molecule has 0 aliphatic heterocycles. The summed E-state index contributed by atoms with van der Waals surface area (Å²) in [5.74, 6) is -0.155. The zero-order valence-corrected chi connectivity index (χ0v) is 16.8. The molecule has 0 aliphatic carbocycles. The predicted molar refractivity (Wildman–Crippen MR) is 103 cm³/mol. The van der Waals surface area contributed by atoms with E-state index in [0.717, 1.165) is 10.0 Å². The van der Waals surface area contributed by atoms with Gasteiger partial charge in [-0.25, -0.2) is 8.42 Å². The van der Waals surface area contributed by atoms with E-state index in [9.17, 15) is 13.2 Å². The van der Waals surface area contributed by atoms with Crippen molar-refractivity contribution in [2.75, 3.05) is 12.4 Å². The summed E-state index contributed by atoms with van der Waals surface area (Å²) in [4.78, 5) is 12.3. The molecule has 0 aliphatic rings. The van der Waals surface area contributed by atoms with Crippen LogP contribution in [-0.2, 0) is 21.2 Å². The quantitative estimate of drug-likeness (QED) is 0.768. The maximum Gasteiger partial charge on any atom is 0.243 e. The number of carbonyl (C=O) groups excluding carboxylic acids is 1. The second kappa shape index (κ2) is 8.12. The SMILES string of the molecule is CC(C)N(C)S(=O)(=O)c1ccc(NC(=O)Cc2ccc(Br)cc2)cc1. The molecule has 5 nitrogen and oxygen atoms in total. The summed E-state index contributed by atoms with van der Waals surface area (Å²) in [6.07, 6.45) is 0.253. The summed E-state index contributed by atoms with van der Waals surface area (Å²) in [7, 11) is -1.97. The highest BCUT2D eigenvalue weighted by atomic mass is 79.9. The van der Waals surface area contributed by atoms with Crippen molar-refractivity contribution in [1.82, 2.24) is 4.31 Å². The lowest BCUT2D eigenvalue weighted by molar-refractivity contribution is -0.115. The van der Waals surface area contributed by atoms with Crippen LogP contribution in [0.1, 0.15) is 19.4 Å². The van der Waals surface area contributed by atoms with Gasteiger partial charge in [0.15, 0.2) is 0 Å². The van der Waals surface area contributed by atoms with Gasteiger partial charge in [-0.2, -0.15) is 4.31 Å². The molecule has 0 saturated heterocycles. The molecule has 2 aromatic rings. The summed E-state index contributed by atoms with van der Waals surface area (Å²) in [5.41, 5.74) is 1.46. The van der Waals surface area contributed by atoms with Gasteiger partial charge in [-0.05, 0) is 55.8 Å². The van der Waals surface area contributed by atoms with E-state index in [4.69, 9.17) is 0 Å². The van der Waals surface area contributed by atoms with Crippen LogP contribution in [0.4, 0.5) is 5.69 Å². The number of benzene rings is 2. The van der Waals surface area contributed by atoms with Crippen LogP contribution < -0.4 is 5.32 Å². The van der Waals surface area contributed by atoms with Crippen LogP contribution in [0.5, 0.6) is 0 Å². The van der Waals surface area contributed by atoms with E-state index in [-0.39, 0.29) is 23.3 Å². The molecule has 0 bridgehead atoms. The number of hydrogen-bond donors (Lipinski definition) is 1. The van der Waals surface area contributed by atoms with Crippen molar-refractivity contribution in [3.63, 3.8) is 0 Å². The smallest absolute Gasteiger partial charge is 0.243 e. The number of amides is 1. The van der Waals surface area contributed by atoms with Crippen molar-refractivity contribution in [2.45, 2.75) is 31.2 Å². The van der Waals surface area contributed by atoms with Crippen molar-refractivity contribution >= 4 is 37.5 Å². The van der Waals surface area contributed by atoms with Crippen molar-refractivity contribution in [3.05, 3.63) is 58.6 Å². The fraction of sp³-hybridized carbons (Fsp3) is 0.278. The van der Waals surface area contributed by atoms with E-state index in [1.165, 1.54) is 16.4 Å². The topological polar surface area (TPSA) is 66.5 Å². The number of sulfonamides is 1. The largest absolute Gasteiger partial charge is 0.326 e. The van der Waals surface area contributed by atoms with Gasteiger partial charge in [0, 0.05) is 23.2 Å². The van der Waals surface area contributed by atoms with Gasteiger partial charge >= 0.3 is 0 Å². The summed E-state index contributed by atoms with van der Waals surface area (Å²) in [6.45, 7) is 3.63. The zero-order valence-electron chi connectivity index (χ0n) is 14.4. The first-order chi connectivity index (χ1) is 11.7. The van der Waals surface area contributed by atoms with Crippen LogP contribution >= 0.6 is 15.9 Å². The minimum absolute atomic E-state index is 0.129. The van der Waals surface area contributed by atoms with E-state index in [0.29, 0.717) is 5.69 Å². The highest BCUT2D eigenvalue weighted by Gasteiger charge is 2.22. The molecule has 1 amide bonds. The first kappa shape index (κ1) is 19.6. The van der Waals surface area contributed by atoms with Gasteiger partial charge in [-0.1, -0.05) is 28.1 Å². The average molecular weight is 425 g/mol. The summed E-state index contributed by atoms with van der Waals surface area (Å²) >= 11 is 3.35. The number of nitrogens with zero attached hydrogens (tertiary/aromatic N) is 1. The molecule has 0 aromatic heterocycles. The molecular formula is C18H21BrN2O3S. The van der Waals surface area contributed by atoms with Gasteiger partial charge in [0.2, 0.25) is 15.9 Å². The highest BCUT2D eigenvalue weighted by Crippen LogP contribution is 2.19. The molecule has 2 aromatic carbocycles. The van der Waals surface area contributed by atoms with E-state index in [1.54, 1.807) is 19.2 Å². The molecule has 25 heavy (non-hydrogen) atoms. The Hall–Kier alpha value is -1.70. The highest BCUT2D eigenvalue weighted by molar-refractivity contribution is 9.10. The third kappa shape index (κ3) is 5.14. The van der Waals surface area contributed by atoms with Gasteiger partial charge in [-0.15, -0.1) is 0 Å². The molecule has 7 heteroatoms.